The number of nitrogens with two attached hydrogens (primary N) is 1. The fourth-order valence-corrected chi connectivity index (χ4v) is 2.22. The number of aromatic hydroxyl groups is 1. The van der Waals surface area contributed by atoms with Crippen LogP contribution >= 0.6 is 0 Å². The number of hydrogen-bond donors (Lipinski definition) is 3. The number of nitrogens with zero attached hydrogens (tertiary/aromatic N) is 3. The lowest BCUT2D eigenvalue weighted by Crippen LogP contribution is -2.02. The van der Waals surface area contributed by atoms with Crippen molar-refractivity contribution in [3.8, 4) is 17.0 Å². The van der Waals surface area contributed by atoms with E-state index < -0.39 is 0 Å². The van der Waals surface area contributed by atoms with Crippen molar-refractivity contribution in [2.45, 2.75) is 6.92 Å². The number of phenols is 1. The lowest BCUT2D eigenvalue weighted by atomic mass is 10.1. The molecule has 0 bridgehead atoms. The third kappa shape index (κ3) is 2.31. The van der Waals surface area contributed by atoms with Crippen LogP contribution in [0.5, 0.6) is 5.75 Å². The summed E-state index contributed by atoms with van der Waals surface area (Å²) in [6.45, 7) is 1.96. The number of aromatic nitrogens is 3. The molecule has 0 radical (unpaired) electrons. The number of phenolic OH excluding ortho intramolecular Hbond substituents is 1. The zero-order valence-electron chi connectivity index (χ0n) is 11.8. The maximum absolute atomic E-state index is 10.0. The fraction of sp³-hybridized carbons (Fsp3) is 0.133. The Morgan fingerprint density at radius 2 is 1.90 bits per heavy atom. The predicted octanol–water partition coefficient (Wildman–Crippen LogP) is 2.33. The van der Waals surface area contributed by atoms with E-state index in [1.807, 2.05) is 31.2 Å². The number of hydrogen-bond acceptors (Lipinski definition) is 6. The number of rotatable bonds is 2. The first-order chi connectivity index (χ1) is 10.1. The van der Waals surface area contributed by atoms with Crippen LogP contribution in [0.1, 0.15) is 5.56 Å². The second-order valence-corrected chi connectivity index (χ2v) is 4.77. The van der Waals surface area contributed by atoms with Crippen molar-refractivity contribution in [1.82, 2.24) is 15.0 Å². The van der Waals surface area contributed by atoms with E-state index in [-0.39, 0.29) is 11.7 Å². The Morgan fingerprint density at radius 3 is 2.67 bits per heavy atom. The molecular weight excluding hydrogens is 266 g/mol. The Bertz CT molecular complexity index is 832. The van der Waals surface area contributed by atoms with Crippen molar-refractivity contribution in [3.63, 3.8) is 0 Å². The van der Waals surface area contributed by atoms with Gasteiger partial charge in [0.15, 0.2) is 5.65 Å². The van der Waals surface area contributed by atoms with E-state index in [1.54, 1.807) is 13.1 Å². The molecule has 0 aliphatic rings. The van der Waals surface area contributed by atoms with E-state index in [0.29, 0.717) is 22.7 Å². The lowest BCUT2D eigenvalue weighted by molar-refractivity contribution is 0.477. The monoisotopic (exact) mass is 281 g/mol. The summed E-state index contributed by atoms with van der Waals surface area (Å²) in [5.41, 5.74) is 8.54. The smallest absolute Gasteiger partial charge is 0.224 e. The van der Waals surface area contributed by atoms with Crippen LogP contribution in [-0.4, -0.2) is 27.1 Å². The van der Waals surface area contributed by atoms with Crippen molar-refractivity contribution in [3.05, 3.63) is 35.9 Å². The molecule has 0 saturated heterocycles. The molecule has 0 aliphatic carbocycles. The van der Waals surface area contributed by atoms with E-state index in [1.165, 1.54) is 0 Å². The summed E-state index contributed by atoms with van der Waals surface area (Å²) in [5, 5.41) is 13.8. The van der Waals surface area contributed by atoms with Crippen LogP contribution in [-0.2, 0) is 0 Å². The molecule has 106 valence electrons. The molecule has 21 heavy (non-hydrogen) atoms. The molecule has 2 aromatic heterocycles. The molecule has 0 saturated carbocycles. The van der Waals surface area contributed by atoms with Crippen molar-refractivity contribution in [2.75, 3.05) is 18.1 Å². The third-order valence-electron chi connectivity index (χ3n) is 3.24. The van der Waals surface area contributed by atoms with Gasteiger partial charge >= 0.3 is 0 Å². The van der Waals surface area contributed by atoms with E-state index in [4.69, 9.17) is 5.73 Å². The molecule has 1 aromatic carbocycles. The van der Waals surface area contributed by atoms with Crippen LogP contribution in [0.15, 0.2) is 30.3 Å². The molecule has 6 nitrogen and oxygen atoms in total. The minimum atomic E-state index is 0.157. The van der Waals surface area contributed by atoms with Crippen molar-refractivity contribution in [2.24, 2.45) is 0 Å². The molecule has 6 heteroatoms. The molecule has 3 aromatic rings. The highest BCUT2D eigenvalue weighted by atomic mass is 16.3. The predicted molar refractivity (Wildman–Crippen MR) is 83.1 cm³/mol. The maximum atomic E-state index is 10.0. The largest absolute Gasteiger partial charge is 0.507 e. The van der Waals surface area contributed by atoms with E-state index in [9.17, 15) is 5.11 Å². The molecule has 0 aliphatic heterocycles. The number of aryl methyl sites for hydroxylation is 1. The van der Waals surface area contributed by atoms with E-state index in [2.05, 4.69) is 20.3 Å². The van der Waals surface area contributed by atoms with Crippen LogP contribution in [0.2, 0.25) is 0 Å². The third-order valence-corrected chi connectivity index (χ3v) is 3.24. The minimum Gasteiger partial charge on any atom is -0.507 e. The molecule has 0 unspecified atom stereocenters. The van der Waals surface area contributed by atoms with Crippen LogP contribution in [0, 0.1) is 6.92 Å². The van der Waals surface area contributed by atoms with Crippen LogP contribution in [0.25, 0.3) is 22.3 Å². The van der Waals surface area contributed by atoms with Gasteiger partial charge in [-0.1, -0.05) is 11.6 Å². The zero-order valence-corrected chi connectivity index (χ0v) is 11.8. The number of nitrogen functional groups attached to an aromatic ring is 1. The van der Waals surface area contributed by atoms with Gasteiger partial charge in [0.25, 0.3) is 0 Å². The Morgan fingerprint density at radius 1 is 1.10 bits per heavy atom. The summed E-state index contributed by atoms with van der Waals surface area (Å²) in [7, 11) is 1.77. The van der Waals surface area contributed by atoms with E-state index in [0.717, 1.165) is 10.9 Å². The number of pyridine rings is 1. The van der Waals surface area contributed by atoms with Crippen molar-refractivity contribution in [1.29, 1.82) is 0 Å². The highest BCUT2D eigenvalue weighted by Gasteiger charge is 2.10. The first-order valence-corrected chi connectivity index (χ1v) is 6.50. The number of benzene rings is 1. The number of fused-ring (bicyclic) bond motifs is 1. The van der Waals surface area contributed by atoms with Crippen LogP contribution < -0.4 is 11.1 Å². The van der Waals surface area contributed by atoms with Gasteiger partial charge in [-0.05, 0) is 31.2 Å². The summed E-state index contributed by atoms with van der Waals surface area (Å²) >= 11 is 0. The molecule has 0 atom stereocenters. The fourth-order valence-electron chi connectivity index (χ4n) is 2.22. The van der Waals surface area contributed by atoms with Gasteiger partial charge in [0.2, 0.25) is 5.95 Å². The second kappa shape index (κ2) is 4.90. The molecule has 4 N–H and O–H groups in total. The first kappa shape index (κ1) is 13.1. The zero-order chi connectivity index (χ0) is 15.0. The van der Waals surface area contributed by atoms with Gasteiger partial charge in [0.1, 0.15) is 11.6 Å². The van der Waals surface area contributed by atoms with Gasteiger partial charge in [-0.2, -0.15) is 9.97 Å². The summed E-state index contributed by atoms with van der Waals surface area (Å²) in [6, 6.07) is 9.08. The molecule has 0 spiro atoms. The maximum Gasteiger partial charge on any atom is 0.224 e. The summed E-state index contributed by atoms with van der Waals surface area (Å²) in [5.74, 6) is 0.971. The number of anilines is 2. The lowest BCUT2D eigenvalue weighted by Gasteiger charge is -2.08. The normalized spacial score (nSPS) is 10.8. The van der Waals surface area contributed by atoms with Gasteiger partial charge in [-0.3, -0.25) is 0 Å². The molecule has 0 amide bonds. The average molecular weight is 281 g/mol. The molecule has 3 rings (SSSR count). The molecule has 0 fully saturated rings. The van der Waals surface area contributed by atoms with Gasteiger partial charge in [0, 0.05) is 12.6 Å². The van der Waals surface area contributed by atoms with Gasteiger partial charge in [-0.25, -0.2) is 4.98 Å². The highest BCUT2D eigenvalue weighted by Crippen LogP contribution is 2.30. The second-order valence-electron chi connectivity index (χ2n) is 4.77. The van der Waals surface area contributed by atoms with Crippen LogP contribution in [0.3, 0.4) is 0 Å². The Hall–Kier alpha value is -2.89. The Balaban J connectivity index is 2.24. The van der Waals surface area contributed by atoms with Gasteiger partial charge in [0.05, 0.1) is 11.1 Å². The SMILES string of the molecule is CNc1nc(N)nc2nc(-c3cc(C)ccc3O)ccc12. The summed E-state index contributed by atoms with van der Waals surface area (Å²) in [6.07, 6.45) is 0. The number of nitrogens with one attached hydrogen (secondary N) is 1. The van der Waals surface area contributed by atoms with Crippen LogP contribution in [0.4, 0.5) is 11.8 Å². The Labute approximate surface area is 121 Å². The van der Waals surface area contributed by atoms with Crippen molar-refractivity contribution >= 4 is 22.8 Å². The quantitative estimate of drug-likeness (QED) is 0.667. The topological polar surface area (TPSA) is 97.0 Å². The standard InChI is InChI=1S/C15H15N5O/c1-8-3-6-12(21)10(7-8)11-5-4-9-13(17-2)19-15(16)20-14(9)18-11/h3-7,21H,1-2H3,(H3,16,17,18,19,20). The minimum absolute atomic E-state index is 0.157. The molecular formula is C15H15N5O. The first-order valence-electron chi connectivity index (χ1n) is 6.50. The summed E-state index contributed by atoms with van der Waals surface area (Å²) < 4.78 is 0. The van der Waals surface area contributed by atoms with E-state index >= 15 is 0 Å². The Kier molecular flexibility index (Phi) is 3.06. The molecule has 2 heterocycles. The highest BCUT2D eigenvalue weighted by molar-refractivity contribution is 5.89. The van der Waals surface area contributed by atoms with Gasteiger partial charge in [-0.15, -0.1) is 0 Å². The van der Waals surface area contributed by atoms with Crippen molar-refractivity contribution < 1.29 is 5.11 Å². The van der Waals surface area contributed by atoms with Gasteiger partial charge < -0.3 is 16.2 Å². The summed E-state index contributed by atoms with van der Waals surface area (Å²) in [4.78, 5) is 12.8. The average Bonchev–Trinajstić information content (AvgIpc) is 2.48.